The van der Waals surface area contributed by atoms with E-state index in [0.717, 1.165) is 86.0 Å². The molecular formula is C26H32ClN5O4. The van der Waals surface area contributed by atoms with E-state index < -0.39 is 0 Å². The minimum atomic E-state index is -0.250. The van der Waals surface area contributed by atoms with Gasteiger partial charge in [-0.3, -0.25) is 9.59 Å². The van der Waals surface area contributed by atoms with Gasteiger partial charge < -0.3 is 29.5 Å². The number of anilines is 1. The van der Waals surface area contributed by atoms with Crippen LogP contribution in [0.4, 0.5) is 5.69 Å². The van der Waals surface area contributed by atoms with Crippen LogP contribution in [0.1, 0.15) is 12.8 Å². The smallest absolute Gasteiger partial charge is 0.290 e. The normalized spacial score (nSPS) is 17.0. The number of piperazine rings is 1. The Morgan fingerprint density at radius 2 is 1.81 bits per heavy atom. The van der Waals surface area contributed by atoms with Gasteiger partial charge in [-0.15, -0.1) is 0 Å². The van der Waals surface area contributed by atoms with Crippen molar-refractivity contribution in [3.8, 4) is 17.1 Å². The SMILES string of the molecule is COc1ccc2nc(-c3cc(N4CCC(C(=O)N5CCN(C)CC5)CC4)ccc3Cl)[nH]c2c1.O=CO. The van der Waals surface area contributed by atoms with Crippen LogP contribution in [0.25, 0.3) is 22.4 Å². The highest BCUT2D eigenvalue weighted by Gasteiger charge is 2.30. The molecule has 2 aliphatic heterocycles. The van der Waals surface area contributed by atoms with Crippen molar-refractivity contribution in [1.29, 1.82) is 0 Å². The van der Waals surface area contributed by atoms with Crippen molar-refractivity contribution in [2.24, 2.45) is 5.92 Å². The molecule has 36 heavy (non-hydrogen) atoms. The number of likely N-dealkylation sites (N-methyl/N-ethyl adjacent to an activating group) is 1. The largest absolute Gasteiger partial charge is 0.497 e. The van der Waals surface area contributed by atoms with Crippen molar-refractivity contribution >= 4 is 40.7 Å². The van der Waals surface area contributed by atoms with E-state index in [2.05, 4.69) is 38.9 Å². The second-order valence-corrected chi connectivity index (χ2v) is 9.54. The topological polar surface area (TPSA) is 102 Å². The van der Waals surface area contributed by atoms with Gasteiger partial charge >= 0.3 is 0 Å². The molecule has 5 rings (SSSR count). The van der Waals surface area contributed by atoms with Crippen LogP contribution >= 0.6 is 11.6 Å². The maximum absolute atomic E-state index is 13.0. The summed E-state index contributed by atoms with van der Waals surface area (Å²) < 4.78 is 5.32. The van der Waals surface area contributed by atoms with E-state index in [1.165, 1.54) is 0 Å². The third kappa shape index (κ3) is 5.74. The van der Waals surface area contributed by atoms with Crippen molar-refractivity contribution in [3.05, 3.63) is 41.4 Å². The number of carbonyl (C=O) groups excluding carboxylic acids is 1. The fourth-order valence-electron chi connectivity index (χ4n) is 4.80. The zero-order valence-corrected chi connectivity index (χ0v) is 21.4. The summed E-state index contributed by atoms with van der Waals surface area (Å²) in [7, 11) is 3.77. The van der Waals surface area contributed by atoms with E-state index in [0.29, 0.717) is 10.9 Å². The standard InChI is InChI=1S/C25H30ClN5O2.CH2O2/c1-29-11-13-31(14-12-29)25(32)17-7-9-30(10-8-17)18-3-5-21(26)20(15-18)24-27-22-6-4-19(33-2)16-23(22)28-24;2-1-3/h3-6,15-17H,7-14H2,1-2H3,(H,27,28);1H,(H,2,3). The predicted molar refractivity (Wildman–Crippen MR) is 141 cm³/mol. The molecule has 0 bridgehead atoms. The van der Waals surface area contributed by atoms with Crippen LogP contribution in [0.3, 0.4) is 0 Å². The number of piperidine rings is 1. The maximum atomic E-state index is 13.0. The lowest BCUT2D eigenvalue weighted by Crippen LogP contribution is -2.50. The first-order valence-corrected chi connectivity index (χ1v) is 12.4. The van der Waals surface area contributed by atoms with Gasteiger partial charge in [0.15, 0.2) is 0 Å². The molecule has 2 aromatic carbocycles. The Labute approximate surface area is 215 Å². The first-order valence-electron chi connectivity index (χ1n) is 12.1. The third-order valence-corrected chi connectivity index (χ3v) is 7.25. The van der Waals surface area contributed by atoms with Gasteiger partial charge in [-0.2, -0.15) is 0 Å². The van der Waals surface area contributed by atoms with Gasteiger partial charge in [-0.05, 0) is 50.2 Å². The summed E-state index contributed by atoms with van der Waals surface area (Å²) >= 11 is 6.56. The molecule has 10 heteroatoms. The van der Waals surface area contributed by atoms with E-state index in [1.54, 1.807) is 7.11 Å². The number of carbonyl (C=O) groups is 2. The van der Waals surface area contributed by atoms with Gasteiger partial charge in [0.2, 0.25) is 5.91 Å². The van der Waals surface area contributed by atoms with Crippen molar-refractivity contribution in [2.75, 3.05) is 58.3 Å². The summed E-state index contributed by atoms with van der Waals surface area (Å²) in [5, 5.41) is 7.55. The lowest BCUT2D eigenvalue weighted by molar-refractivity contribution is -0.137. The summed E-state index contributed by atoms with van der Waals surface area (Å²) in [6.07, 6.45) is 1.77. The number of hydrogen-bond donors (Lipinski definition) is 2. The fourth-order valence-corrected chi connectivity index (χ4v) is 5.01. The monoisotopic (exact) mass is 513 g/mol. The molecular weight excluding hydrogens is 482 g/mol. The third-order valence-electron chi connectivity index (χ3n) is 6.92. The van der Waals surface area contributed by atoms with Crippen molar-refractivity contribution < 1.29 is 19.4 Å². The number of ether oxygens (including phenoxy) is 1. The molecule has 0 spiro atoms. The van der Waals surface area contributed by atoms with E-state index >= 15 is 0 Å². The molecule has 192 valence electrons. The number of imidazole rings is 1. The number of hydrogen-bond acceptors (Lipinski definition) is 6. The number of amides is 1. The number of rotatable bonds is 4. The molecule has 0 atom stereocenters. The molecule has 9 nitrogen and oxygen atoms in total. The molecule has 2 saturated heterocycles. The number of benzene rings is 2. The molecule has 1 amide bonds. The van der Waals surface area contributed by atoms with Crippen LogP contribution in [-0.2, 0) is 9.59 Å². The van der Waals surface area contributed by atoms with Gasteiger partial charge in [0.25, 0.3) is 6.47 Å². The predicted octanol–water partition coefficient (Wildman–Crippen LogP) is 3.58. The highest BCUT2D eigenvalue weighted by Crippen LogP contribution is 2.34. The first-order chi connectivity index (χ1) is 17.4. The highest BCUT2D eigenvalue weighted by atomic mass is 35.5. The number of carboxylic acid groups (broad SMARTS) is 1. The van der Waals surface area contributed by atoms with E-state index in [-0.39, 0.29) is 12.4 Å². The molecule has 0 unspecified atom stereocenters. The second kappa shape index (κ2) is 11.6. The van der Waals surface area contributed by atoms with Gasteiger partial charge in [-0.1, -0.05) is 11.6 Å². The zero-order chi connectivity index (χ0) is 25.7. The van der Waals surface area contributed by atoms with Crippen LogP contribution in [0.15, 0.2) is 36.4 Å². The number of H-pyrrole nitrogens is 1. The summed E-state index contributed by atoms with van der Waals surface area (Å²) in [5.41, 5.74) is 3.77. The quantitative estimate of drug-likeness (QED) is 0.514. The Morgan fingerprint density at radius 1 is 1.11 bits per heavy atom. The van der Waals surface area contributed by atoms with Crippen LogP contribution in [0.2, 0.25) is 5.02 Å². The first kappa shape index (κ1) is 25.8. The summed E-state index contributed by atoms with van der Waals surface area (Å²) in [6.45, 7) is 5.10. The Bertz CT molecular complexity index is 1200. The molecule has 2 N–H and O–H groups in total. The van der Waals surface area contributed by atoms with Crippen molar-refractivity contribution in [1.82, 2.24) is 19.8 Å². The number of nitrogens with one attached hydrogen (secondary N) is 1. The van der Waals surface area contributed by atoms with Crippen LogP contribution in [0, 0.1) is 5.92 Å². The molecule has 1 aromatic heterocycles. The van der Waals surface area contributed by atoms with Crippen molar-refractivity contribution in [2.45, 2.75) is 12.8 Å². The Morgan fingerprint density at radius 3 is 2.47 bits per heavy atom. The molecule has 2 fully saturated rings. The minimum absolute atomic E-state index is 0.127. The molecule has 0 radical (unpaired) electrons. The molecule has 0 aliphatic carbocycles. The molecule has 3 aromatic rings. The summed E-state index contributed by atoms with van der Waals surface area (Å²) in [5.74, 6) is 1.98. The van der Waals surface area contributed by atoms with Gasteiger partial charge in [-0.25, -0.2) is 4.98 Å². The lowest BCUT2D eigenvalue weighted by atomic mass is 9.94. The Hall–Kier alpha value is -3.30. The van der Waals surface area contributed by atoms with E-state index in [9.17, 15) is 4.79 Å². The summed E-state index contributed by atoms with van der Waals surface area (Å²) in [6, 6.07) is 11.9. The van der Waals surface area contributed by atoms with Gasteiger partial charge in [0, 0.05) is 62.5 Å². The number of nitrogens with zero attached hydrogens (tertiary/aromatic N) is 4. The number of methoxy groups -OCH3 is 1. The van der Waals surface area contributed by atoms with E-state index in [4.69, 9.17) is 31.2 Å². The number of aromatic amines is 1. The zero-order valence-electron chi connectivity index (χ0n) is 20.6. The van der Waals surface area contributed by atoms with Gasteiger partial charge in [0.05, 0.1) is 23.2 Å². The number of halogens is 1. The van der Waals surface area contributed by atoms with Crippen LogP contribution in [-0.4, -0.2) is 90.7 Å². The lowest BCUT2D eigenvalue weighted by Gasteiger charge is -2.38. The minimum Gasteiger partial charge on any atom is -0.497 e. The Balaban J connectivity index is 0.000000967. The highest BCUT2D eigenvalue weighted by molar-refractivity contribution is 6.33. The molecule has 3 heterocycles. The maximum Gasteiger partial charge on any atom is 0.290 e. The second-order valence-electron chi connectivity index (χ2n) is 9.13. The average Bonchev–Trinajstić information content (AvgIpc) is 3.33. The average molecular weight is 514 g/mol. The molecule has 0 saturated carbocycles. The fraction of sp³-hybridized carbons (Fsp3) is 0.423. The summed E-state index contributed by atoms with van der Waals surface area (Å²) in [4.78, 5) is 36.1. The number of fused-ring (bicyclic) bond motifs is 1. The van der Waals surface area contributed by atoms with Crippen molar-refractivity contribution in [3.63, 3.8) is 0 Å². The van der Waals surface area contributed by atoms with Crippen LogP contribution < -0.4 is 9.64 Å². The van der Waals surface area contributed by atoms with Gasteiger partial charge in [0.1, 0.15) is 11.6 Å². The Kier molecular flexibility index (Phi) is 8.32. The number of aromatic nitrogens is 2. The molecule has 2 aliphatic rings. The van der Waals surface area contributed by atoms with Crippen LogP contribution in [0.5, 0.6) is 5.75 Å². The van der Waals surface area contributed by atoms with E-state index in [1.807, 2.05) is 24.3 Å².